The van der Waals surface area contributed by atoms with Crippen molar-refractivity contribution in [3.05, 3.63) is 18.5 Å². The number of β-amino-alcohol motifs (C(OH)–C–C–N with tert-alkyl or cyclic N) is 1. The Morgan fingerprint density at radius 3 is 2.91 bits per heavy atom. The molecule has 2 rings (SSSR count). The summed E-state index contributed by atoms with van der Waals surface area (Å²) in [6, 6.07) is 2.17. The van der Waals surface area contributed by atoms with Gasteiger partial charge < -0.3 is 5.11 Å². The summed E-state index contributed by atoms with van der Waals surface area (Å²) in [5, 5.41) is 14.3. The van der Waals surface area contributed by atoms with Gasteiger partial charge >= 0.3 is 0 Å². The van der Waals surface area contributed by atoms with E-state index in [-0.39, 0.29) is 0 Å². The zero-order chi connectivity index (χ0) is 16.0. The van der Waals surface area contributed by atoms with Gasteiger partial charge in [0, 0.05) is 31.5 Å². The average Bonchev–Trinajstić information content (AvgIpc) is 2.92. The van der Waals surface area contributed by atoms with Crippen LogP contribution in [0.15, 0.2) is 18.5 Å². The minimum absolute atomic E-state index is 0.329. The fourth-order valence-corrected chi connectivity index (χ4v) is 3.48. The molecule has 0 aromatic carbocycles. The van der Waals surface area contributed by atoms with Crippen LogP contribution < -0.4 is 4.72 Å². The molecule has 1 aliphatic heterocycles. The summed E-state index contributed by atoms with van der Waals surface area (Å²) in [4.78, 5) is 2.28. The second kappa shape index (κ2) is 8.05. The van der Waals surface area contributed by atoms with Crippen LogP contribution in [0.2, 0.25) is 0 Å². The van der Waals surface area contributed by atoms with Crippen molar-refractivity contribution in [1.82, 2.24) is 19.4 Å². The summed E-state index contributed by atoms with van der Waals surface area (Å²) in [6.07, 6.45) is 8.38. The van der Waals surface area contributed by atoms with Gasteiger partial charge in [0.15, 0.2) is 0 Å². The zero-order valence-electron chi connectivity index (χ0n) is 13.1. The van der Waals surface area contributed by atoms with Crippen molar-refractivity contribution >= 4 is 10.0 Å². The molecule has 2 heterocycles. The molecule has 7 nitrogen and oxygen atoms in total. The Hall–Kier alpha value is -0.960. The lowest BCUT2D eigenvalue weighted by atomic mass is 9.99. The quantitative estimate of drug-likeness (QED) is 0.703. The number of hydrogen-bond donors (Lipinski definition) is 2. The average molecular weight is 330 g/mol. The third-order valence-electron chi connectivity index (χ3n) is 3.99. The Balaban J connectivity index is 1.81. The van der Waals surface area contributed by atoms with Gasteiger partial charge in [-0.25, -0.2) is 13.1 Å². The van der Waals surface area contributed by atoms with Gasteiger partial charge in [0.05, 0.1) is 18.9 Å². The molecule has 0 amide bonds. The SMILES string of the molecule is CS(=O)(=O)NCCC1CCCCN1CC(O)Cn1cccn1. The second-order valence-electron chi connectivity index (χ2n) is 5.98. The first-order valence-electron chi connectivity index (χ1n) is 7.78. The molecule has 2 unspecified atom stereocenters. The molecule has 0 radical (unpaired) electrons. The van der Waals surface area contributed by atoms with Gasteiger partial charge in [-0.3, -0.25) is 9.58 Å². The van der Waals surface area contributed by atoms with Gasteiger partial charge in [0.1, 0.15) is 0 Å². The molecule has 1 aromatic rings. The van der Waals surface area contributed by atoms with Crippen LogP contribution in [0.3, 0.4) is 0 Å². The van der Waals surface area contributed by atoms with E-state index in [9.17, 15) is 13.5 Å². The summed E-state index contributed by atoms with van der Waals surface area (Å²) < 4.78 is 26.6. The van der Waals surface area contributed by atoms with E-state index < -0.39 is 16.1 Å². The lowest BCUT2D eigenvalue weighted by Crippen LogP contribution is -2.45. The Bertz CT molecular complexity index is 532. The van der Waals surface area contributed by atoms with E-state index >= 15 is 0 Å². The van der Waals surface area contributed by atoms with Crippen molar-refractivity contribution in [2.75, 3.05) is 25.9 Å². The number of nitrogens with zero attached hydrogens (tertiary/aromatic N) is 3. The molecule has 0 bridgehead atoms. The maximum atomic E-state index is 11.1. The normalized spacial score (nSPS) is 21.8. The number of aliphatic hydroxyl groups excluding tert-OH is 1. The summed E-state index contributed by atoms with van der Waals surface area (Å²) in [5.41, 5.74) is 0. The van der Waals surface area contributed by atoms with Crippen LogP contribution >= 0.6 is 0 Å². The first-order chi connectivity index (χ1) is 10.4. The highest BCUT2D eigenvalue weighted by Gasteiger charge is 2.24. The Morgan fingerprint density at radius 1 is 1.41 bits per heavy atom. The molecule has 0 saturated carbocycles. The fraction of sp³-hybridized carbons (Fsp3) is 0.786. The van der Waals surface area contributed by atoms with Gasteiger partial charge in [-0.1, -0.05) is 6.42 Å². The number of aliphatic hydroxyl groups is 1. The minimum atomic E-state index is -3.13. The number of piperidine rings is 1. The zero-order valence-corrected chi connectivity index (χ0v) is 13.9. The van der Waals surface area contributed by atoms with Crippen molar-refractivity contribution in [1.29, 1.82) is 0 Å². The van der Waals surface area contributed by atoms with Crippen molar-refractivity contribution in [2.24, 2.45) is 0 Å². The Kier molecular flexibility index (Phi) is 6.37. The van der Waals surface area contributed by atoms with Crippen molar-refractivity contribution in [3.63, 3.8) is 0 Å². The van der Waals surface area contributed by atoms with E-state index in [1.54, 1.807) is 10.9 Å². The van der Waals surface area contributed by atoms with Crippen molar-refractivity contribution < 1.29 is 13.5 Å². The maximum Gasteiger partial charge on any atom is 0.208 e. The van der Waals surface area contributed by atoms with Crippen LogP contribution in [0, 0.1) is 0 Å². The molecule has 1 aromatic heterocycles. The lowest BCUT2D eigenvalue weighted by Gasteiger charge is -2.37. The first-order valence-corrected chi connectivity index (χ1v) is 9.67. The van der Waals surface area contributed by atoms with E-state index in [1.165, 1.54) is 6.26 Å². The van der Waals surface area contributed by atoms with Crippen LogP contribution in [-0.4, -0.2) is 66.2 Å². The van der Waals surface area contributed by atoms with Crippen LogP contribution in [0.25, 0.3) is 0 Å². The molecule has 1 fully saturated rings. The van der Waals surface area contributed by atoms with Crippen LogP contribution in [0.5, 0.6) is 0 Å². The Labute approximate surface area is 132 Å². The summed E-state index contributed by atoms with van der Waals surface area (Å²) in [7, 11) is -3.13. The van der Waals surface area contributed by atoms with Gasteiger partial charge in [-0.05, 0) is 31.9 Å². The standard InChI is InChI=1S/C14H26N4O3S/c1-22(20,21)16-8-6-13-5-2-3-9-17(13)11-14(19)12-18-10-4-7-15-18/h4,7,10,13-14,16,19H,2-3,5-6,8-9,11-12H2,1H3. The molecule has 126 valence electrons. The molecule has 0 spiro atoms. The van der Waals surface area contributed by atoms with Crippen molar-refractivity contribution in [2.45, 2.75) is 44.4 Å². The maximum absolute atomic E-state index is 11.1. The summed E-state index contributed by atoms with van der Waals surface area (Å²) in [5.74, 6) is 0. The number of aromatic nitrogens is 2. The largest absolute Gasteiger partial charge is 0.390 e. The highest BCUT2D eigenvalue weighted by molar-refractivity contribution is 7.88. The van der Waals surface area contributed by atoms with E-state index in [2.05, 4.69) is 14.7 Å². The topological polar surface area (TPSA) is 87.5 Å². The predicted octanol–water partition coefficient (Wildman–Crippen LogP) is 0.0378. The van der Waals surface area contributed by atoms with E-state index in [0.717, 1.165) is 32.2 Å². The smallest absolute Gasteiger partial charge is 0.208 e. The first kappa shape index (κ1) is 17.4. The molecule has 8 heteroatoms. The molecule has 0 aliphatic carbocycles. The number of likely N-dealkylation sites (tertiary alicyclic amines) is 1. The monoisotopic (exact) mass is 330 g/mol. The van der Waals surface area contributed by atoms with Gasteiger partial charge in [0.25, 0.3) is 0 Å². The molecule has 22 heavy (non-hydrogen) atoms. The van der Waals surface area contributed by atoms with Crippen LogP contribution in [-0.2, 0) is 16.6 Å². The van der Waals surface area contributed by atoms with Gasteiger partial charge in [-0.2, -0.15) is 5.10 Å². The predicted molar refractivity (Wildman–Crippen MR) is 84.9 cm³/mol. The number of sulfonamides is 1. The van der Waals surface area contributed by atoms with E-state index in [1.807, 2.05) is 12.3 Å². The number of nitrogens with one attached hydrogen (secondary N) is 1. The second-order valence-corrected chi connectivity index (χ2v) is 7.81. The third kappa shape index (κ3) is 6.04. The molecular formula is C14H26N4O3S. The number of rotatable bonds is 8. The Morgan fingerprint density at radius 2 is 2.23 bits per heavy atom. The fourth-order valence-electron chi connectivity index (χ4n) is 2.99. The van der Waals surface area contributed by atoms with Crippen LogP contribution in [0.4, 0.5) is 0 Å². The van der Waals surface area contributed by atoms with E-state index in [0.29, 0.717) is 25.7 Å². The molecule has 2 N–H and O–H groups in total. The van der Waals surface area contributed by atoms with Gasteiger partial charge in [0.2, 0.25) is 10.0 Å². The highest BCUT2D eigenvalue weighted by atomic mass is 32.2. The molecule has 2 atom stereocenters. The van der Waals surface area contributed by atoms with Gasteiger partial charge in [-0.15, -0.1) is 0 Å². The summed E-state index contributed by atoms with van der Waals surface area (Å²) >= 11 is 0. The van der Waals surface area contributed by atoms with Crippen LogP contribution in [0.1, 0.15) is 25.7 Å². The van der Waals surface area contributed by atoms with E-state index in [4.69, 9.17) is 0 Å². The molecule has 1 aliphatic rings. The van der Waals surface area contributed by atoms with Crippen molar-refractivity contribution in [3.8, 4) is 0 Å². The molecular weight excluding hydrogens is 304 g/mol. The lowest BCUT2D eigenvalue weighted by molar-refractivity contribution is 0.0541. The number of hydrogen-bond acceptors (Lipinski definition) is 5. The highest BCUT2D eigenvalue weighted by Crippen LogP contribution is 2.19. The summed E-state index contributed by atoms with van der Waals surface area (Å²) in [6.45, 7) is 2.50. The molecule has 1 saturated heterocycles. The third-order valence-corrected chi connectivity index (χ3v) is 4.72. The minimum Gasteiger partial charge on any atom is -0.390 e.